The highest BCUT2D eigenvalue weighted by atomic mass is 19.1. The zero-order valence-corrected chi connectivity index (χ0v) is 17.1. The summed E-state index contributed by atoms with van der Waals surface area (Å²) >= 11 is 0. The quantitative estimate of drug-likeness (QED) is 0.528. The average molecular weight is 401 g/mol. The normalized spacial score (nSPS) is 16.1. The molecule has 0 bridgehead atoms. The van der Waals surface area contributed by atoms with E-state index in [1.54, 1.807) is 6.07 Å². The Morgan fingerprint density at radius 3 is 2.37 bits per heavy atom. The summed E-state index contributed by atoms with van der Waals surface area (Å²) < 4.78 is 14.3. The lowest BCUT2D eigenvalue weighted by Gasteiger charge is -2.40. The molecular weight excluding hydrogens is 375 g/mol. The number of fused-ring (bicyclic) bond motifs is 1. The van der Waals surface area contributed by atoms with Gasteiger partial charge in [-0.25, -0.2) is 4.39 Å². The van der Waals surface area contributed by atoms with Gasteiger partial charge in [-0.1, -0.05) is 30.3 Å². The molecule has 1 saturated heterocycles. The SMILES string of the molecule is Cc1[nH]c2ccccc2c1[C@@H](c1ccncc1)N1CCN(c2ccccc2F)CC1. The first-order valence-electron chi connectivity index (χ1n) is 10.4. The van der Waals surface area contributed by atoms with Gasteiger partial charge in [0.2, 0.25) is 0 Å². The number of nitrogens with zero attached hydrogens (tertiary/aromatic N) is 3. The Labute approximate surface area is 176 Å². The van der Waals surface area contributed by atoms with Crippen molar-refractivity contribution < 1.29 is 4.39 Å². The number of anilines is 1. The van der Waals surface area contributed by atoms with E-state index in [1.165, 1.54) is 28.3 Å². The molecule has 30 heavy (non-hydrogen) atoms. The molecule has 0 spiro atoms. The first-order valence-corrected chi connectivity index (χ1v) is 10.4. The van der Waals surface area contributed by atoms with Gasteiger partial charge in [-0.2, -0.15) is 0 Å². The molecule has 3 heterocycles. The van der Waals surface area contributed by atoms with Crippen molar-refractivity contribution in [3.63, 3.8) is 0 Å². The zero-order valence-electron chi connectivity index (χ0n) is 17.1. The van der Waals surface area contributed by atoms with E-state index in [0.29, 0.717) is 5.69 Å². The molecule has 152 valence electrons. The molecule has 0 unspecified atom stereocenters. The predicted molar refractivity (Wildman–Crippen MR) is 119 cm³/mol. The number of aromatic nitrogens is 2. The Balaban J connectivity index is 1.50. The smallest absolute Gasteiger partial charge is 0.146 e. The van der Waals surface area contributed by atoms with E-state index < -0.39 is 0 Å². The maximum atomic E-state index is 14.3. The molecule has 5 rings (SSSR count). The number of rotatable bonds is 4. The van der Waals surface area contributed by atoms with Crippen molar-refractivity contribution in [1.82, 2.24) is 14.9 Å². The summed E-state index contributed by atoms with van der Waals surface area (Å²) in [4.78, 5) is 12.4. The van der Waals surface area contributed by atoms with Crippen LogP contribution in [0.1, 0.15) is 22.9 Å². The van der Waals surface area contributed by atoms with Gasteiger partial charge in [0.15, 0.2) is 0 Å². The Morgan fingerprint density at radius 2 is 1.60 bits per heavy atom. The zero-order chi connectivity index (χ0) is 20.5. The first kappa shape index (κ1) is 18.8. The third kappa shape index (κ3) is 3.35. The Morgan fingerprint density at radius 1 is 0.900 bits per heavy atom. The van der Waals surface area contributed by atoms with Crippen LogP contribution >= 0.6 is 0 Å². The summed E-state index contributed by atoms with van der Waals surface area (Å²) in [5.41, 5.74) is 5.60. The second-order valence-corrected chi connectivity index (χ2v) is 7.87. The van der Waals surface area contributed by atoms with Crippen molar-refractivity contribution in [2.24, 2.45) is 0 Å². The number of hydrogen-bond donors (Lipinski definition) is 1. The van der Waals surface area contributed by atoms with Crippen LogP contribution in [0.5, 0.6) is 0 Å². The monoisotopic (exact) mass is 400 g/mol. The number of aryl methyl sites for hydroxylation is 1. The van der Waals surface area contributed by atoms with Crippen LogP contribution < -0.4 is 4.90 Å². The molecule has 0 saturated carbocycles. The van der Waals surface area contributed by atoms with E-state index in [-0.39, 0.29) is 11.9 Å². The fourth-order valence-corrected chi connectivity index (χ4v) is 4.69. The van der Waals surface area contributed by atoms with Crippen LogP contribution in [0.25, 0.3) is 10.9 Å². The third-order valence-electron chi connectivity index (χ3n) is 6.11. The van der Waals surface area contributed by atoms with Crippen molar-refractivity contribution >= 4 is 16.6 Å². The molecule has 1 N–H and O–H groups in total. The Kier molecular flexibility index (Phi) is 4.97. The van der Waals surface area contributed by atoms with Gasteiger partial charge in [-0.15, -0.1) is 0 Å². The number of aromatic amines is 1. The van der Waals surface area contributed by atoms with Gasteiger partial charge in [0.25, 0.3) is 0 Å². The highest BCUT2D eigenvalue weighted by Crippen LogP contribution is 2.37. The van der Waals surface area contributed by atoms with Crippen LogP contribution in [0.4, 0.5) is 10.1 Å². The van der Waals surface area contributed by atoms with Crippen LogP contribution in [0.2, 0.25) is 0 Å². The number of nitrogens with one attached hydrogen (secondary N) is 1. The highest BCUT2D eigenvalue weighted by molar-refractivity contribution is 5.85. The Bertz CT molecular complexity index is 1150. The summed E-state index contributed by atoms with van der Waals surface area (Å²) in [6.07, 6.45) is 3.73. The lowest BCUT2D eigenvalue weighted by Crippen LogP contribution is -2.48. The summed E-state index contributed by atoms with van der Waals surface area (Å²) in [5.74, 6) is -0.149. The van der Waals surface area contributed by atoms with Crippen molar-refractivity contribution in [2.45, 2.75) is 13.0 Å². The highest BCUT2D eigenvalue weighted by Gasteiger charge is 2.30. The van der Waals surface area contributed by atoms with Gasteiger partial charge in [0.05, 0.1) is 11.7 Å². The van der Waals surface area contributed by atoms with Crippen molar-refractivity contribution in [2.75, 3.05) is 31.1 Å². The minimum atomic E-state index is -0.149. The minimum Gasteiger partial charge on any atom is -0.367 e. The standard InChI is InChI=1S/C25H25FN4/c1-18-24(20-6-2-4-8-22(20)28-18)25(19-10-12-27-13-11-19)30-16-14-29(15-17-30)23-9-5-3-7-21(23)26/h2-13,25,28H,14-17H2,1H3/t25-/m1/s1. The molecule has 1 fully saturated rings. The first-order chi connectivity index (χ1) is 14.7. The van der Waals surface area contributed by atoms with E-state index >= 15 is 0 Å². The molecule has 4 aromatic rings. The molecule has 2 aromatic heterocycles. The predicted octanol–water partition coefficient (Wildman–Crippen LogP) is 4.92. The van der Waals surface area contributed by atoms with Crippen LogP contribution in [0.3, 0.4) is 0 Å². The number of piperazine rings is 1. The molecule has 2 aromatic carbocycles. The molecule has 0 radical (unpaired) electrons. The van der Waals surface area contributed by atoms with Gasteiger partial charge in [-0.3, -0.25) is 9.88 Å². The van der Waals surface area contributed by atoms with Gasteiger partial charge >= 0.3 is 0 Å². The lowest BCUT2D eigenvalue weighted by molar-refractivity contribution is 0.212. The fraction of sp³-hybridized carbons (Fsp3) is 0.240. The van der Waals surface area contributed by atoms with Gasteiger partial charge in [0, 0.05) is 60.7 Å². The fourth-order valence-electron chi connectivity index (χ4n) is 4.69. The van der Waals surface area contributed by atoms with E-state index in [2.05, 4.69) is 63.1 Å². The van der Waals surface area contributed by atoms with E-state index in [0.717, 1.165) is 31.7 Å². The largest absolute Gasteiger partial charge is 0.367 e. The number of pyridine rings is 1. The van der Waals surface area contributed by atoms with Gasteiger partial charge in [-0.05, 0) is 42.8 Å². The van der Waals surface area contributed by atoms with Crippen LogP contribution in [0.15, 0.2) is 73.1 Å². The second kappa shape index (κ2) is 7.92. The second-order valence-electron chi connectivity index (χ2n) is 7.87. The lowest BCUT2D eigenvalue weighted by atomic mass is 9.94. The minimum absolute atomic E-state index is 0.131. The number of hydrogen-bond acceptors (Lipinski definition) is 3. The van der Waals surface area contributed by atoms with E-state index in [1.807, 2.05) is 24.5 Å². The van der Waals surface area contributed by atoms with Gasteiger partial charge < -0.3 is 9.88 Å². The molecule has 0 amide bonds. The summed E-state index contributed by atoms with van der Waals surface area (Å²) in [6, 6.07) is 19.9. The summed E-state index contributed by atoms with van der Waals surface area (Å²) in [5, 5.41) is 1.26. The molecular formula is C25H25FN4. The van der Waals surface area contributed by atoms with Crippen molar-refractivity contribution in [3.8, 4) is 0 Å². The average Bonchev–Trinajstić information content (AvgIpc) is 3.11. The number of para-hydroxylation sites is 2. The number of halogens is 1. The van der Waals surface area contributed by atoms with E-state index in [4.69, 9.17) is 0 Å². The van der Waals surface area contributed by atoms with E-state index in [9.17, 15) is 4.39 Å². The van der Waals surface area contributed by atoms with Crippen molar-refractivity contribution in [3.05, 3.63) is 95.7 Å². The summed E-state index contributed by atoms with van der Waals surface area (Å²) in [6.45, 7) is 5.47. The van der Waals surface area contributed by atoms with Crippen molar-refractivity contribution in [1.29, 1.82) is 0 Å². The molecule has 0 aliphatic carbocycles. The molecule has 4 nitrogen and oxygen atoms in total. The topological polar surface area (TPSA) is 35.2 Å². The molecule has 1 atom stereocenters. The molecule has 5 heteroatoms. The number of benzene rings is 2. The van der Waals surface area contributed by atoms with Crippen LogP contribution in [-0.2, 0) is 0 Å². The maximum Gasteiger partial charge on any atom is 0.146 e. The third-order valence-corrected chi connectivity index (χ3v) is 6.11. The van der Waals surface area contributed by atoms with Gasteiger partial charge in [0.1, 0.15) is 5.82 Å². The van der Waals surface area contributed by atoms with Crippen LogP contribution in [0, 0.1) is 12.7 Å². The number of H-pyrrole nitrogens is 1. The van der Waals surface area contributed by atoms with Crippen LogP contribution in [-0.4, -0.2) is 41.0 Å². The summed E-state index contributed by atoms with van der Waals surface area (Å²) in [7, 11) is 0. The molecule has 1 aliphatic rings. The Hall–Kier alpha value is -3.18. The molecule has 1 aliphatic heterocycles. The maximum absolute atomic E-state index is 14.3.